The molecule has 88 valence electrons. The molecule has 1 aliphatic heterocycles. The summed E-state index contributed by atoms with van der Waals surface area (Å²) in [4.78, 5) is 2.32. The highest BCUT2D eigenvalue weighted by atomic mass is 16.3. The molecule has 2 heteroatoms. The second-order valence-electron chi connectivity index (χ2n) is 5.05. The summed E-state index contributed by atoms with van der Waals surface area (Å²) >= 11 is 0. The van der Waals surface area contributed by atoms with Crippen molar-refractivity contribution in [3.63, 3.8) is 0 Å². The molecule has 3 atom stereocenters. The van der Waals surface area contributed by atoms with Crippen molar-refractivity contribution in [2.75, 3.05) is 13.6 Å². The van der Waals surface area contributed by atoms with Crippen LogP contribution in [-0.4, -0.2) is 29.6 Å². The van der Waals surface area contributed by atoms with Crippen molar-refractivity contribution in [1.29, 1.82) is 0 Å². The van der Waals surface area contributed by atoms with Gasteiger partial charge in [0, 0.05) is 18.5 Å². The average molecular weight is 219 g/mol. The number of nitrogens with zero attached hydrogens (tertiary/aromatic N) is 1. The van der Waals surface area contributed by atoms with E-state index in [1.54, 1.807) is 0 Å². The standard InChI is InChI=1S/C14H21NO/c1-11-12(2)15(3)10-9-14(11,16)13-7-5-4-6-8-13/h4-8,11-12,16H,9-10H2,1-3H3/t11-,12-,14-/m1/s1. The molecule has 1 saturated heterocycles. The minimum atomic E-state index is -0.660. The van der Waals surface area contributed by atoms with E-state index in [0.29, 0.717) is 6.04 Å². The zero-order chi connectivity index (χ0) is 11.8. The van der Waals surface area contributed by atoms with Gasteiger partial charge in [-0.05, 0) is 26.0 Å². The number of likely N-dealkylation sites (tertiary alicyclic amines) is 1. The third-order valence-electron chi connectivity index (χ3n) is 4.29. The van der Waals surface area contributed by atoms with Gasteiger partial charge < -0.3 is 10.0 Å². The van der Waals surface area contributed by atoms with Crippen molar-refractivity contribution in [1.82, 2.24) is 4.90 Å². The zero-order valence-electron chi connectivity index (χ0n) is 10.4. The lowest BCUT2D eigenvalue weighted by Gasteiger charge is -2.46. The van der Waals surface area contributed by atoms with Crippen molar-refractivity contribution < 1.29 is 5.11 Å². The third kappa shape index (κ3) is 1.76. The molecule has 1 fully saturated rings. The maximum Gasteiger partial charge on any atom is 0.0948 e. The molecule has 0 spiro atoms. The molecule has 0 bridgehead atoms. The van der Waals surface area contributed by atoms with Crippen LogP contribution in [0, 0.1) is 5.92 Å². The topological polar surface area (TPSA) is 23.5 Å². The first-order valence-electron chi connectivity index (χ1n) is 6.04. The summed E-state index contributed by atoms with van der Waals surface area (Å²) in [5.41, 5.74) is 0.398. The first-order chi connectivity index (χ1) is 7.55. The number of aliphatic hydroxyl groups is 1. The Labute approximate surface area is 97.9 Å². The molecule has 2 rings (SSSR count). The van der Waals surface area contributed by atoms with Gasteiger partial charge in [0.15, 0.2) is 0 Å². The SMILES string of the molecule is C[C@@H]1[C@@H](C)[C@@](O)(c2ccccc2)CCN1C. The van der Waals surface area contributed by atoms with Gasteiger partial charge in [0.25, 0.3) is 0 Å². The molecule has 0 aromatic heterocycles. The van der Waals surface area contributed by atoms with Gasteiger partial charge in [-0.15, -0.1) is 0 Å². The van der Waals surface area contributed by atoms with Crippen LogP contribution in [0.15, 0.2) is 30.3 Å². The van der Waals surface area contributed by atoms with Gasteiger partial charge in [-0.3, -0.25) is 0 Å². The molecule has 1 heterocycles. The third-order valence-corrected chi connectivity index (χ3v) is 4.29. The van der Waals surface area contributed by atoms with E-state index in [2.05, 4.69) is 25.8 Å². The monoisotopic (exact) mass is 219 g/mol. The lowest BCUT2D eigenvalue weighted by atomic mass is 9.73. The Kier molecular flexibility index (Phi) is 3.04. The molecule has 0 radical (unpaired) electrons. The van der Waals surface area contributed by atoms with Crippen LogP contribution in [0.2, 0.25) is 0 Å². The largest absolute Gasteiger partial charge is 0.385 e. The van der Waals surface area contributed by atoms with Crippen LogP contribution in [0.5, 0.6) is 0 Å². The molecule has 1 aliphatic rings. The highest BCUT2D eigenvalue weighted by Gasteiger charge is 2.43. The molecule has 1 N–H and O–H groups in total. The molecular formula is C14H21NO. The quantitative estimate of drug-likeness (QED) is 0.783. The van der Waals surface area contributed by atoms with Crippen molar-refractivity contribution >= 4 is 0 Å². The summed E-state index contributed by atoms with van der Waals surface area (Å²) in [7, 11) is 2.13. The van der Waals surface area contributed by atoms with Crippen LogP contribution >= 0.6 is 0 Å². The molecule has 1 aromatic rings. The lowest BCUT2D eigenvalue weighted by Crippen LogP contribution is -2.52. The number of hydrogen-bond acceptors (Lipinski definition) is 2. The number of benzene rings is 1. The van der Waals surface area contributed by atoms with E-state index < -0.39 is 5.60 Å². The van der Waals surface area contributed by atoms with E-state index >= 15 is 0 Å². The normalized spacial score (nSPS) is 36.2. The minimum absolute atomic E-state index is 0.258. The predicted octanol–water partition coefficient (Wildman–Crippen LogP) is 2.23. The molecule has 0 amide bonds. The van der Waals surface area contributed by atoms with Gasteiger partial charge in [-0.1, -0.05) is 37.3 Å². The van der Waals surface area contributed by atoms with Crippen molar-refractivity contribution in [2.24, 2.45) is 5.92 Å². The van der Waals surface area contributed by atoms with Crippen LogP contribution in [-0.2, 0) is 5.60 Å². The Balaban J connectivity index is 2.32. The fraction of sp³-hybridized carbons (Fsp3) is 0.571. The van der Waals surface area contributed by atoms with E-state index in [1.165, 1.54) is 0 Å². The molecule has 2 nitrogen and oxygen atoms in total. The molecule has 0 aliphatic carbocycles. The molecule has 1 aromatic carbocycles. The second kappa shape index (κ2) is 4.19. The van der Waals surface area contributed by atoms with E-state index in [-0.39, 0.29) is 5.92 Å². The molecular weight excluding hydrogens is 198 g/mol. The summed E-state index contributed by atoms with van der Waals surface area (Å²) in [6.07, 6.45) is 0.818. The maximum atomic E-state index is 10.9. The van der Waals surface area contributed by atoms with Gasteiger partial charge in [0.1, 0.15) is 0 Å². The van der Waals surface area contributed by atoms with Crippen LogP contribution in [0.3, 0.4) is 0 Å². The minimum Gasteiger partial charge on any atom is -0.385 e. The lowest BCUT2D eigenvalue weighted by molar-refractivity contribution is -0.0894. The van der Waals surface area contributed by atoms with Gasteiger partial charge in [-0.25, -0.2) is 0 Å². The highest BCUT2D eigenvalue weighted by Crippen LogP contribution is 2.39. The average Bonchev–Trinajstić information content (AvgIpc) is 2.33. The van der Waals surface area contributed by atoms with E-state index in [9.17, 15) is 5.11 Å². The van der Waals surface area contributed by atoms with Gasteiger partial charge in [0.05, 0.1) is 5.60 Å². The number of piperidine rings is 1. The number of hydrogen-bond donors (Lipinski definition) is 1. The van der Waals surface area contributed by atoms with Gasteiger partial charge in [0.2, 0.25) is 0 Å². The van der Waals surface area contributed by atoms with E-state index in [1.807, 2.05) is 30.3 Å². The van der Waals surface area contributed by atoms with Crippen LogP contribution in [0.4, 0.5) is 0 Å². The van der Waals surface area contributed by atoms with Gasteiger partial charge in [-0.2, -0.15) is 0 Å². The first kappa shape index (κ1) is 11.6. The predicted molar refractivity (Wildman–Crippen MR) is 66.2 cm³/mol. The molecule has 0 unspecified atom stereocenters. The molecule has 0 saturated carbocycles. The fourth-order valence-corrected chi connectivity index (χ4v) is 2.69. The summed E-state index contributed by atoms with van der Waals surface area (Å²) in [6, 6.07) is 10.5. The summed E-state index contributed by atoms with van der Waals surface area (Å²) < 4.78 is 0. The van der Waals surface area contributed by atoms with Gasteiger partial charge >= 0.3 is 0 Å². The van der Waals surface area contributed by atoms with Crippen LogP contribution < -0.4 is 0 Å². The summed E-state index contributed by atoms with van der Waals surface area (Å²) in [6.45, 7) is 5.29. The van der Waals surface area contributed by atoms with Crippen molar-refractivity contribution in [3.8, 4) is 0 Å². The smallest absolute Gasteiger partial charge is 0.0948 e. The fourth-order valence-electron chi connectivity index (χ4n) is 2.69. The maximum absolute atomic E-state index is 10.9. The van der Waals surface area contributed by atoms with Crippen molar-refractivity contribution in [2.45, 2.75) is 31.9 Å². The van der Waals surface area contributed by atoms with Crippen LogP contribution in [0.1, 0.15) is 25.8 Å². The molecule has 16 heavy (non-hydrogen) atoms. The Bertz CT molecular complexity index is 351. The Morgan fingerprint density at radius 3 is 2.50 bits per heavy atom. The Morgan fingerprint density at radius 2 is 1.88 bits per heavy atom. The van der Waals surface area contributed by atoms with E-state index in [4.69, 9.17) is 0 Å². The Morgan fingerprint density at radius 1 is 1.25 bits per heavy atom. The van der Waals surface area contributed by atoms with Crippen molar-refractivity contribution in [3.05, 3.63) is 35.9 Å². The summed E-state index contributed by atoms with van der Waals surface area (Å²) in [5.74, 6) is 0.258. The summed E-state index contributed by atoms with van der Waals surface area (Å²) in [5, 5.41) is 10.9. The highest BCUT2D eigenvalue weighted by molar-refractivity contribution is 5.24. The first-order valence-corrected chi connectivity index (χ1v) is 6.04. The zero-order valence-corrected chi connectivity index (χ0v) is 10.4. The number of rotatable bonds is 1. The second-order valence-corrected chi connectivity index (χ2v) is 5.05. The van der Waals surface area contributed by atoms with E-state index in [0.717, 1.165) is 18.5 Å². The Hall–Kier alpha value is -0.860. The van der Waals surface area contributed by atoms with Crippen LogP contribution in [0.25, 0.3) is 0 Å².